The zero-order chi connectivity index (χ0) is 19.4. The predicted molar refractivity (Wildman–Crippen MR) is 103 cm³/mol. The number of carbonyl (C=O) groups is 1. The summed E-state index contributed by atoms with van der Waals surface area (Å²) in [6.45, 7) is 2.89. The number of nitrogens with one attached hydrogen (secondary N) is 1. The first-order valence-corrected chi connectivity index (χ1v) is 11.0. The molecule has 0 saturated carbocycles. The Labute approximate surface area is 160 Å². The van der Waals surface area contributed by atoms with Crippen LogP contribution in [0.1, 0.15) is 12.0 Å². The van der Waals surface area contributed by atoms with E-state index < -0.39 is 9.84 Å². The van der Waals surface area contributed by atoms with Crippen molar-refractivity contribution in [2.45, 2.75) is 12.5 Å². The second-order valence-corrected chi connectivity index (χ2v) is 9.25. The van der Waals surface area contributed by atoms with Gasteiger partial charge in [-0.05, 0) is 18.2 Å². The number of nitrogens with zero attached hydrogens (tertiary/aromatic N) is 1. The molecule has 0 unspecified atom stereocenters. The van der Waals surface area contributed by atoms with Gasteiger partial charge in [-0.15, -0.1) is 0 Å². The highest BCUT2D eigenvalue weighted by atomic mass is 32.2. The van der Waals surface area contributed by atoms with Crippen molar-refractivity contribution in [2.24, 2.45) is 0 Å². The van der Waals surface area contributed by atoms with Crippen LogP contribution in [0.3, 0.4) is 0 Å². The van der Waals surface area contributed by atoms with Crippen LogP contribution in [-0.4, -0.2) is 77.2 Å². The molecule has 0 aliphatic carbocycles. The molecule has 2 aliphatic rings. The van der Waals surface area contributed by atoms with E-state index in [9.17, 15) is 13.2 Å². The molecule has 0 radical (unpaired) electrons. The first-order chi connectivity index (χ1) is 12.9. The highest BCUT2D eigenvalue weighted by molar-refractivity contribution is 7.91. The average molecular weight is 396 g/mol. The van der Waals surface area contributed by atoms with Gasteiger partial charge in [0.15, 0.2) is 9.84 Å². The molecule has 0 bridgehead atoms. The van der Waals surface area contributed by atoms with Crippen LogP contribution in [0.15, 0.2) is 24.3 Å². The van der Waals surface area contributed by atoms with E-state index in [-0.39, 0.29) is 17.7 Å². The Morgan fingerprint density at radius 3 is 2.56 bits per heavy atom. The van der Waals surface area contributed by atoms with Gasteiger partial charge in [-0.3, -0.25) is 4.79 Å². The van der Waals surface area contributed by atoms with Crippen LogP contribution in [0.4, 0.5) is 0 Å². The van der Waals surface area contributed by atoms with Gasteiger partial charge in [0.05, 0.1) is 46.2 Å². The molecule has 27 heavy (non-hydrogen) atoms. The first kappa shape index (κ1) is 19.7. The van der Waals surface area contributed by atoms with E-state index >= 15 is 0 Å². The second kappa shape index (κ2) is 8.31. The lowest BCUT2D eigenvalue weighted by atomic mass is 10.1. The Bertz CT molecular complexity index is 813. The molecule has 1 aromatic carbocycles. The first-order valence-electron chi connectivity index (χ1n) is 9.16. The van der Waals surface area contributed by atoms with Gasteiger partial charge in [-0.2, -0.15) is 0 Å². The van der Waals surface area contributed by atoms with E-state index in [0.717, 1.165) is 25.1 Å². The fourth-order valence-electron chi connectivity index (χ4n) is 3.76. The van der Waals surface area contributed by atoms with Crippen molar-refractivity contribution in [3.05, 3.63) is 29.8 Å². The summed E-state index contributed by atoms with van der Waals surface area (Å²) in [4.78, 5) is 15.6. The van der Waals surface area contributed by atoms with Gasteiger partial charge in [0.25, 0.3) is 0 Å². The van der Waals surface area contributed by atoms with Crippen LogP contribution in [0.25, 0.3) is 6.08 Å². The molecule has 0 spiro atoms. The molecule has 0 aromatic heterocycles. The molecule has 2 heterocycles. The molecule has 1 aromatic rings. The fraction of sp³-hybridized carbons (Fsp3) is 0.526. The minimum Gasteiger partial charge on any atom is -0.497 e. The lowest BCUT2D eigenvalue weighted by molar-refractivity contribution is -0.925. The topological polar surface area (TPSA) is 77.4 Å². The summed E-state index contributed by atoms with van der Waals surface area (Å²) in [7, 11) is 0.317. The Kier molecular flexibility index (Phi) is 6.06. The lowest BCUT2D eigenvalue weighted by Gasteiger charge is -2.34. The molecule has 1 amide bonds. The van der Waals surface area contributed by atoms with E-state index in [1.165, 1.54) is 4.90 Å². The van der Waals surface area contributed by atoms with Crippen molar-refractivity contribution < 1.29 is 27.6 Å². The van der Waals surface area contributed by atoms with Crippen molar-refractivity contribution in [3.63, 3.8) is 0 Å². The van der Waals surface area contributed by atoms with Crippen LogP contribution < -0.4 is 14.4 Å². The van der Waals surface area contributed by atoms with Gasteiger partial charge in [0.2, 0.25) is 5.91 Å². The van der Waals surface area contributed by atoms with Crippen molar-refractivity contribution >= 4 is 21.8 Å². The summed E-state index contributed by atoms with van der Waals surface area (Å²) in [5.41, 5.74) is 0.812. The van der Waals surface area contributed by atoms with E-state index in [0.29, 0.717) is 30.3 Å². The standard InChI is InChI=1S/C19H26N2O5S/c1-25-17-5-3-15(18(13-17)26-2)4-6-19(22)21-10-8-20(9-11-21)16-7-12-27(23,24)14-16/h3-6,13,16H,7-12,14H2,1-2H3/p+1/b6-4+/t16-/m1/s1. The van der Waals surface area contributed by atoms with Crippen LogP contribution in [-0.2, 0) is 14.6 Å². The Hall–Kier alpha value is -2.06. The van der Waals surface area contributed by atoms with E-state index in [1.54, 1.807) is 32.4 Å². The molecule has 8 heteroatoms. The Morgan fingerprint density at radius 2 is 1.96 bits per heavy atom. The maximum atomic E-state index is 12.5. The van der Waals surface area contributed by atoms with Crippen LogP contribution in [0, 0.1) is 0 Å². The Balaban J connectivity index is 1.56. The van der Waals surface area contributed by atoms with Gasteiger partial charge >= 0.3 is 0 Å². The summed E-state index contributed by atoms with van der Waals surface area (Å²) in [5, 5.41) is 0. The van der Waals surface area contributed by atoms with E-state index in [2.05, 4.69) is 0 Å². The number of benzene rings is 1. The van der Waals surface area contributed by atoms with Crippen molar-refractivity contribution in [2.75, 3.05) is 51.9 Å². The number of methoxy groups -OCH3 is 2. The predicted octanol–water partition coefficient (Wildman–Crippen LogP) is -0.369. The summed E-state index contributed by atoms with van der Waals surface area (Å²) in [6.07, 6.45) is 4.06. The number of quaternary nitrogens is 1. The molecule has 148 valence electrons. The molecule has 3 rings (SSSR count). The zero-order valence-corrected chi connectivity index (χ0v) is 16.6. The highest BCUT2D eigenvalue weighted by Crippen LogP contribution is 2.25. The van der Waals surface area contributed by atoms with Gasteiger partial charge in [0.1, 0.15) is 23.3 Å². The third-order valence-electron chi connectivity index (χ3n) is 5.37. The number of carbonyl (C=O) groups excluding carboxylic acids is 1. The number of piperazine rings is 1. The fourth-order valence-corrected chi connectivity index (χ4v) is 5.59. The minimum atomic E-state index is -2.86. The van der Waals surface area contributed by atoms with Crippen LogP contribution in [0.5, 0.6) is 11.5 Å². The van der Waals surface area contributed by atoms with Crippen LogP contribution >= 0.6 is 0 Å². The molecule has 1 N–H and O–H groups in total. The molecule has 2 fully saturated rings. The summed E-state index contributed by atoms with van der Waals surface area (Å²) < 4.78 is 33.9. The maximum Gasteiger partial charge on any atom is 0.246 e. The molecule has 2 aliphatic heterocycles. The molecular formula is C19H27N2O5S+. The van der Waals surface area contributed by atoms with Crippen molar-refractivity contribution in [3.8, 4) is 11.5 Å². The zero-order valence-electron chi connectivity index (χ0n) is 15.8. The van der Waals surface area contributed by atoms with Gasteiger partial charge in [-0.25, -0.2) is 8.42 Å². The quantitative estimate of drug-likeness (QED) is 0.689. The van der Waals surface area contributed by atoms with Gasteiger partial charge < -0.3 is 19.3 Å². The Morgan fingerprint density at radius 1 is 1.22 bits per heavy atom. The molecule has 2 saturated heterocycles. The number of rotatable bonds is 5. The average Bonchev–Trinajstić information content (AvgIpc) is 3.05. The van der Waals surface area contributed by atoms with E-state index in [1.807, 2.05) is 17.0 Å². The summed E-state index contributed by atoms with van der Waals surface area (Å²) >= 11 is 0. The number of amides is 1. The maximum absolute atomic E-state index is 12.5. The number of sulfone groups is 1. The summed E-state index contributed by atoms with van der Waals surface area (Å²) in [6, 6.07) is 5.64. The van der Waals surface area contributed by atoms with Gasteiger partial charge in [0, 0.05) is 24.1 Å². The third kappa shape index (κ3) is 4.81. The smallest absolute Gasteiger partial charge is 0.246 e. The van der Waals surface area contributed by atoms with Crippen molar-refractivity contribution in [1.29, 1.82) is 0 Å². The van der Waals surface area contributed by atoms with Crippen LogP contribution in [0.2, 0.25) is 0 Å². The second-order valence-electron chi connectivity index (χ2n) is 7.02. The van der Waals surface area contributed by atoms with Gasteiger partial charge in [-0.1, -0.05) is 0 Å². The minimum absolute atomic E-state index is 0.0361. The lowest BCUT2D eigenvalue weighted by Crippen LogP contribution is -3.18. The highest BCUT2D eigenvalue weighted by Gasteiger charge is 2.37. The number of hydrogen-bond donors (Lipinski definition) is 1. The van der Waals surface area contributed by atoms with E-state index in [4.69, 9.17) is 9.47 Å². The normalized spacial score (nSPS) is 22.9. The molecule has 1 atom stereocenters. The summed E-state index contributed by atoms with van der Waals surface area (Å²) in [5.74, 6) is 1.90. The monoisotopic (exact) mass is 395 g/mol. The van der Waals surface area contributed by atoms with Crippen molar-refractivity contribution in [1.82, 2.24) is 4.90 Å². The largest absolute Gasteiger partial charge is 0.497 e. The SMILES string of the molecule is COc1ccc(/C=C/C(=O)N2CC[NH+]([C@@H]3CCS(=O)(=O)C3)CC2)c(OC)c1. The number of hydrogen-bond acceptors (Lipinski definition) is 5. The number of ether oxygens (including phenoxy) is 2. The molecule has 7 nitrogen and oxygen atoms in total. The molecular weight excluding hydrogens is 368 g/mol. The third-order valence-corrected chi connectivity index (χ3v) is 7.14.